The van der Waals surface area contributed by atoms with Gasteiger partial charge in [0.05, 0.1) is 18.7 Å². The Morgan fingerprint density at radius 1 is 1.50 bits per heavy atom. The van der Waals surface area contributed by atoms with E-state index in [1.54, 1.807) is 6.26 Å². The molecule has 1 amide bonds. The molecule has 1 aromatic heterocycles. The molecule has 1 aliphatic carbocycles. The fraction of sp³-hybridized carbons (Fsp3) is 0.583. The molecular formula is C12H18N2O2. The van der Waals surface area contributed by atoms with Gasteiger partial charge in [0.1, 0.15) is 5.76 Å². The molecule has 88 valence electrons. The highest BCUT2D eigenvalue weighted by atomic mass is 16.3. The Morgan fingerprint density at radius 3 is 3.00 bits per heavy atom. The van der Waals surface area contributed by atoms with Gasteiger partial charge in [0.25, 0.3) is 0 Å². The Morgan fingerprint density at radius 2 is 2.31 bits per heavy atom. The normalized spacial score (nSPS) is 25.5. The summed E-state index contributed by atoms with van der Waals surface area (Å²) in [6, 6.07) is 4.00. The summed E-state index contributed by atoms with van der Waals surface area (Å²) in [6.45, 7) is 0.668. The van der Waals surface area contributed by atoms with Crippen LogP contribution in [0.4, 0.5) is 0 Å². The van der Waals surface area contributed by atoms with Gasteiger partial charge in [-0.3, -0.25) is 4.79 Å². The highest BCUT2D eigenvalue weighted by Gasteiger charge is 2.28. The number of amides is 1. The second kappa shape index (κ2) is 5.16. The van der Waals surface area contributed by atoms with E-state index in [2.05, 4.69) is 5.32 Å². The van der Waals surface area contributed by atoms with Crippen LogP contribution in [0.3, 0.4) is 0 Å². The van der Waals surface area contributed by atoms with Crippen LogP contribution in [-0.4, -0.2) is 11.9 Å². The van der Waals surface area contributed by atoms with Gasteiger partial charge in [-0.05, 0) is 25.0 Å². The van der Waals surface area contributed by atoms with E-state index in [4.69, 9.17) is 10.2 Å². The lowest BCUT2D eigenvalue weighted by atomic mass is 9.84. The highest BCUT2D eigenvalue weighted by Crippen LogP contribution is 2.24. The summed E-state index contributed by atoms with van der Waals surface area (Å²) in [4.78, 5) is 11.3. The summed E-state index contributed by atoms with van der Waals surface area (Å²) >= 11 is 0. The summed E-state index contributed by atoms with van der Waals surface area (Å²) in [5.74, 6) is 0.689. The minimum absolute atomic E-state index is 0.0243. The van der Waals surface area contributed by atoms with Crippen LogP contribution in [0.25, 0.3) is 0 Å². The van der Waals surface area contributed by atoms with Gasteiger partial charge in [-0.1, -0.05) is 12.8 Å². The number of hydrogen-bond donors (Lipinski definition) is 2. The number of nitrogens with two attached hydrogens (primary N) is 1. The molecule has 4 heteroatoms. The molecule has 1 aromatic rings. The van der Waals surface area contributed by atoms with Gasteiger partial charge in [0.15, 0.2) is 0 Å². The van der Waals surface area contributed by atoms with Crippen molar-refractivity contribution in [3.63, 3.8) is 0 Å². The minimum atomic E-state index is -0.184. The van der Waals surface area contributed by atoms with Gasteiger partial charge in [-0.25, -0.2) is 0 Å². The zero-order valence-corrected chi connectivity index (χ0v) is 9.32. The fourth-order valence-corrected chi connectivity index (χ4v) is 2.36. The molecule has 2 atom stereocenters. The molecule has 16 heavy (non-hydrogen) atoms. The first-order valence-corrected chi connectivity index (χ1v) is 5.82. The standard InChI is InChI=1S/C12H18N2O2/c13-12(15)10-5-1-2-6-11(10)14-8-9-4-3-7-16-9/h3-4,7,10-11,14H,1-2,5-6,8H2,(H2,13,15). The van der Waals surface area contributed by atoms with Crippen LogP contribution >= 0.6 is 0 Å². The maximum Gasteiger partial charge on any atom is 0.222 e. The molecule has 0 spiro atoms. The zero-order valence-electron chi connectivity index (χ0n) is 9.32. The summed E-state index contributed by atoms with van der Waals surface area (Å²) in [7, 11) is 0. The predicted molar refractivity (Wildman–Crippen MR) is 60.5 cm³/mol. The number of furan rings is 1. The Kier molecular flexibility index (Phi) is 3.62. The van der Waals surface area contributed by atoms with Gasteiger partial charge < -0.3 is 15.5 Å². The Bertz CT molecular complexity index is 335. The van der Waals surface area contributed by atoms with Gasteiger partial charge >= 0.3 is 0 Å². The third kappa shape index (κ3) is 2.64. The Balaban J connectivity index is 1.89. The summed E-state index contributed by atoms with van der Waals surface area (Å²) in [6.07, 6.45) is 5.86. The first-order chi connectivity index (χ1) is 7.77. The largest absolute Gasteiger partial charge is 0.468 e. The number of nitrogens with one attached hydrogen (secondary N) is 1. The Labute approximate surface area is 95.2 Å². The van der Waals surface area contributed by atoms with Crippen LogP contribution in [0, 0.1) is 5.92 Å². The van der Waals surface area contributed by atoms with Gasteiger partial charge in [0, 0.05) is 6.04 Å². The lowest BCUT2D eigenvalue weighted by Gasteiger charge is -2.29. The van der Waals surface area contributed by atoms with E-state index < -0.39 is 0 Å². The van der Waals surface area contributed by atoms with E-state index in [0.717, 1.165) is 25.0 Å². The van der Waals surface area contributed by atoms with Crippen molar-refractivity contribution in [2.75, 3.05) is 0 Å². The smallest absolute Gasteiger partial charge is 0.222 e. The summed E-state index contributed by atoms with van der Waals surface area (Å²) < 4.78 is 5.24. The first-order valence-electron chi connectivity index (χ1n) is 5.82. The molecule has 0 aromatic carbocycles. The lowest BCUT2D eigenvalue weighted by Crippen LogP contribution is -2.44. The molecule has 1 aliphatic rings. The van der Waals surface area contributed by atoms with E-state index in [-0.39, 0.29) is 17.9 Å². The van der Waals surface area contributed by atoms with Gasteiger partial charge in [-0.2, -0.15) is 0 Å². The highest BCUT2D eigenvalue weighted by molar-refractivity contribution is 5.77. The van der Waals surface area contributed by atoms with Crippen molar-refractivity contribution < 1.29 is 9.21 Å². The SMILES string of the molecule is NC(=O)C1CCCCC1NCc1ccco1. The maximum absolute atomic E-state index is 11.3. The summed E-state index contributed by atoms with van der Waals surface area (Å²) in [5, 5.41) is 3.36. The zero-order chi connectivity index (χ0) is 11.4. The van der Waals surface area contributed by atoms with Crippen molar-refractivity contribution in [3.8, 4) is 0 Å². The maximum atomic E-state index is 11.3. The minimum Gasteiger partial charge on any atom is -0.468 e. The molecule has 4 nitrogen and oxygen atoms in total. The third-order valence-electron chi connectivity index (χ3n) is 3.25. The summed E-state index contributed by atoms with van der Waals surface area (Å²) in [5.41, 5.74) is 5.40. The third-order valence-corrected chi connectivity index (χ3v) is 3.25. The number of primary amides is 1. The molecule has 1 saturated carbocycles. The number of carbonyl (C=O) groups is 1. The second-order valence-electron chi connectivity index (χ2n) is 4.36. The topological polar surface area (TPSA) is 68.3 Å². The van der Waals surface area contributed by atoms with E-state index in [1.807, 2.05) is 12.1 Å². The first kappa shape index (κ1) is 11.2. The van der Waals surface area contributed by atoms with E-state index in [9.17, 15) is 4.79 Å². The molecule has 2 unspecified atom stereocenters. The van der Waals surface area contributed by atoms with Crippen LogP contribution in [0.15, 0.2) is 22.8 Å². The van der Waals surface area contributed by atoms with E-state index >= 15 is 0 Å². The van der Waals surface area contributed by atoms with Crippen molar-refractivity contribution in [2.45, 2.75) is 38.3 Å². The van der Waals surface area contributed by atoms with Crippen LogP contribution in [-0.2, 0) is 11.3 Å². The monoisotopic (exact) mass is 222 g/mol. The molecule has 3 N–H and O–H groups in total. The van der Waals surface area contributed by atoms with Crippen molar-refractivity contribution in [3.05, 3.63) is 24.2 Å². The van der Waals surface area contributed by atoms with Crippen molar-refractivity contribution >= 4 is 5.91 Å². The quantitative estimate of drug-likeness (QED) is 0.809. The van der Waals surface area contributed by atoms with E-state index in [0.29, 0.717) is 6.54 Å². The van der Waals surface area contributed by atoms with Crippen LogP contribution in [0.5, 0.6) is 0 Å². The molecular weight excluding hydrogens is 204 g/mol. The number of carbonyl (C=O) groups excluding carboxylic acids is 1. The average molecular weight is 222 g/mol. The predicted octanol–water partition coefficient (Wildman–Crippen LogP) is 1.41. The molecule has 0 saturated heterocycles. The Hall–Kier alpha value is -1.29. The van der Waals surface area contributed by atoms with Crippen LogP contribution < -0.4 is 11.1 Å². The molecule has 1 fully saturated rings. The van der Waals surface area contributed by atoms with Crippen molar-refractivity contribution in [1.29, 1.82) is 0 Å². The van der Waals surface area contributed by atoms with Gasteiger partial charge in [0.2, 0.25) is 5.91 Å². The van der Waals surface area contributed by atoms with Crippen molar-refractivity contribution in [2.24, 2.45) is 11.7 Å². The van der Waals surface area contributed by atoms with Crippen molar-refractivity contribution in [1.82, 2.24) is 5.32 Å². The molecule has 2 rings (SSSR count). The number of rotatable bonds is 4. The second-order valence-corrected chi connectivity index (χ2v) is 4.36. The molecule has 0 radical (unpaired) electrons. The lowest BCUT2D eigenvalue weighted by molar-refractivity contribution is -0.123. The molecule has 0 bridgehead atoms. The molecule has 0 aliphatic heterocycles. The van der Waals surface area contributed by atoms with Gasteiger partial charge in [-0.15, -0.1) is 0 Å². The fourth-order valence-electron chi connectivity index (χ4n) is 2.36. The van der Waals surface area contributed by atoms with Crippen LogP contribution in [0.2, 0.25) is 0 Å². The molecule has 1 heterocycles. The van der Waals surface area contributed by atoms with E-state index in [1.165, 1.54) is 6.42 Å². The average Bonchev–Trinajstić information content (AvgIpc) is 2.79. The van der Waals surface area contributed by atoms with Crippen LogP contribution in [0.1, 0.15) is 31.4 Å². The number of hydrogen-bond acceptors (Lipinski definition) is 3.